The van der Waals surface area contributed by atoms with Crippen LogP contribution in [-0.4, -0.2) is 16.6 Å². The minimum Gasteiger partial charge on any atom is -0.320 e. The van der Waals surface area contributed by atoms with Gasteiger partial charge in [0.1, 0.15) is 4.60 Å². The molecule has 1 aliphatic heterocycles. The molecule has 3 nitrogen and oxygen atoms in total. The molecule has 0 unspecified atom stereocenters. The minimum absolute atomic E-state index is 0.0402. The van der Waals surface area contributed by atoms with Crippen LogP contribution < -0.4 is 5.32 Å². The quantitative estimate of drug-likeness (QED) is 0.805. The van der Waals surface area contributed by atoms with E-state index < -0.39 is 0 Å². The SMILES string of the molecule is Cc1nc(Br)ccc1NC(=O)c1cc2c(s1)CCSC2. The van der Waals surface area contributed by atoms with Gasteiger partial charge < -0.3 is 5.32 Å². The first-order valence-corrected chi connectivity index (χ1v) is 9.04. The molecule has 6 heteroatoms. The molecule has 1 N–H and O–H groups in total. The summed E-state index contributed by atoms with van der Waals surface area (Å²) in [5.41, 5.74) is 2.89. The van der Waals surface area contributed by atoms with Crippen LogP contribution in [0, 0.1) is 6.92 Å². The fraction of sp³-hybridized carbons (Fsp3) is 0.286. The molecule has 3 rings (SSSR count). The summed E-state index contributed by atoms with van der Waals surface area (Å²) in [6, 6.07) is 5.73. The van der Waals surface area contributed by atoms with Crippen LogP contribution >= 0.6 is 39.0 Å². The van der Waals surface area contributed by atoms with E-state index in [-0.39, 0.29) is 5.91 Å². The molecule has 0 fully saturated rings. The number of thioether (sulfide) groups is 1. The van der Waals surface area contributed by atoms with Crippen molar-refractivity contribution in [1.29, 1.82) is 0 Å². The number of rotatable bonds is 2. The number of hydrogen-bond acceptors (Lipinski definition) is 4. The summed E-state index contributed by atoms with van der Waals surface area (Å²) in [7, 11) is 0. The Balaban J connectivity index is 1.80. The average Bonchev–Trinajstić information content (AvgIpc) is 2.86. The number of aromatic nitrogens is 1. The lowest BCUT2D eigenvalue weighted by Gasteiger charge is -2.08. The van der Waals surface area contributed by atoms with E-state index in [2.05, 4.69) is 26.2 Å². The molecule has 1 aliphatic rings. The highest BCUT2D eigenvalue weighted by molar-refractivity contribution is 9.10. The van der Waals surface area contributed by atoms with Gasteiger partial charge in [-0.25, -0.2) is 4.98 Å². The second kappa shape index (κ2) is 5.87. The third-order valence-electron chi connectivity index (χ3n) is 3.15. The Bertz CT molecular complexity index is 646. The molecule has 0 aliphatic carbocycles. The minimum atomic E-state index is -0.0402. The van der Waals surface area contributed by atoms with Gasteiger partial charge in [-0.05, 0) is 58.8 Å². The van der Waals surface area contributed by atoms with E-state index in [0.29, 0.717) is 0 Å². The second-order valence-corrected chi connectivity index (χ2v) is 7.64. The molecule has 0 saturated heterocycles. The van der Waals surface area contributed by atoms with Crippen molar-refractivity contribution in [3.8, 4) is 0 Å². The highest BCUT2D eigenvalue weighted by Gasteiger charge is 2.18. The smallest absolute Gasteiger partial charge is 0.265 e. The van der Waals surface area contributed by atoms with E-state index in [0.717, 1.165) is 38.8 Å². The molecule has 0 atom stereocenters. The number of aryl methyl sites for hydroxylation is 2. The van der Waals surface area contributed by atoms with Gasteiger partial charge in [0.25, 0.3) is 5.91 Å². The summed E-state index contributed by atoms with van der Waals surface area (Å²) >= 11 is 6.87. The summed E-state index contributed by atoms with van der Waals surface area (Å²) in [5.74, 6) is 2.14. The van der Waals surface area contributed by atoms with Gasteiger partial charge in [-0.15, -0.1) is 11.3 Å². The van der Waals surface area contributed by atoms with Gasteiger partial charge in [-0.1, -0.05) is 0 Å². The molecule has 0 bridgehead atoms. The zero-order chi connectivity index (χ0) is 14.1. The molecule has 104 valence electrons. The normalized spacial score (nSPS) is 13.9. The van der Waals surface area contributed by atoms with Crippen molar-refractivity contribution in [1.82, 2.24) is 4.98 Å². The van der Waals surface area contributed by atoms with Gasteiger partial charge in [0.05, 0.1) is 16.3 Å². The summed E-state index contributed by atoms with van der Waals surface area (Å²) in [6.45, 7) is 1.89. The van der Waals surface area contributed by atoms with Gasteiger partial charge in [-0.3, -0.25) is 4.79 Å². The van der Waals surface area contributed by atoms with Crippen molar-refractivity contribution >= 4 is 50.6 Å². The predicted octanol–water partition coefficient (Wildman–Crippen LogP) is 4.26. The van der Waals surface area contributed by atoms with E-state index in [4.69, 9.17) is 0 Å². The Hall–Kier alpha value is -0.850. The Morgan fingerprint density at radius 3 is 3.05 bits per heavy atom. The largest absolute Gasteiger partial charge is 0.320 e. The topological polar surface area (TPSA) is 42.0 Å². The molecule has 3 heterocycles. The summed E-state index contributed by atoms with van der Waals surface area (Å²) in [6.07, 6.45) is 1.08. The monoisotopic (exact) mass is 368 g/mol. The number of thiophene rings is 1. The standard InChI is InChI=1S/C14H13BrN2OS2/c1-8-10(2-3-13(15)16-8)17-14(18)12-6-9-7-19-5-4-11(9)20-12/h2-3,6H,4-5,7H2,1H3,(H,17,18). The number of amides is 1. The first-order valence-electron chi connectivity index (χ1n) is 6.27. The van der Waals surface area contributed by atoms with Crippen molar-refractivity contribution in [3.05, 3.63) is 43.8 Å². The maximum atomic E-state index is 12.3. The zero-order valence-corrected chi connectivity index (χ0v) is 14.1. The van der Waals surface area contributed by atoms with Crippen molar-refractivity contribution in [2.24, 2.45) is 0 Å². The van der Waals surface area contributed by atoms with Crippen LogP contribution in [0.2, 0.25) is 0 Å². The van der Waals surface area contributed by atoms with Crippen LogP contribution in [0.3, 0.4) is 0 Å². The number of halogens is 1. The van der Waals surface area contributed by atoms with Gasteiger partial charge in [0.2, 0.25) is 0 Å². The lowest BCUT2D eigenvalue weighted by Crippen LogP contribution is -2.11. The Morgan fingerprint density at radius 2 is 2.30 bits per heavy atom. The van der Waals surface area contributed by atoms with Gasteiger partial charge >= 0.3 is 0 Å². The molecule has 20 heavy (non-hydrogen) atoms. The lowest BCUT2D eigenvalue weighted by atomic mass is 10.2. The molecule has 0 aromatic carbocycles. The number of nitrogens with one attached hydrogen (secondary N) is 1. The Morgan fingerprint density at radius 1 is 1.45 bits per heavy atom. The lowest BCUT2D eigenvalue weighted by molar-refractivity contribution is 0.103. The number of pyridine rings is 1. The van der Waals surface area contributed by atoms with Gasteiger partial charge in [-0.2, -0.15) is 11.8 Å². The maximum absolute atomic E-state index is 12.3. The van der Waals surface area contributed by atoms with Crippen LogP contribution in [-0.2, 0) is 12.2 Å². The highest BCUT2D eigenvalue weighted by atomic mass is 79.9. The molecular formula is C14H13BrN2OS2. The summed E-state index contributed by atoms with van der Waals surface area (Å²) < 4.78 is 0.775. The van der Waals surface area contributed by atoms with E-state index in [1.807, 2.05) is 36.9 Å². The van der Waals surface area contributed by atoms with Crippen molar-refractivity contribution < 1.29 is 4.79 Å². The molecular weight excluding hydrogens is 356 g/mol. The van der Waals surface area contributed by atoms with Crippen LogP contribution in [0.1, 0.15) is 25.8 Å². The molecule has 1 amide bonds. The molecule has 0 spiro atoms. The number of hydrogen-bond donors (Lipinski definition) is 1. The Labute approximate surface area is 134 Å². The second-order valence-electron chi connectivity index (χ2n) is 4.58. The number of carbonyl (C=O) groups excluding carboxylic acids is 1. The third kappa shape index (κ3) is 2.92. The summed E-state index contributed by atoms with van der Waals surface area (Å²) in [4.78, 5) is 18.8. The van der Waals surface area contributed by atoms with Crippen molar-refractivity contribution in [2.45, 2.75) is 19.1 Å². The van der Waals surface area contributed by atoms with E-state index in [9.17, 15) is 4.79 Å². The fourth-order valence-corrected chi connectivity index (χ4v) is 4.77. The zero-order valence-electron chi connectivity index (χ0n) is 10.9. The third-order valence-corrected chi connectivity index (χ3v) is 5.84. The van der Waals surface area contributed by atoms with E-state index in [1.54, 1.807) is 11.3 Å². The van der Waals surface area contributed by atoms with Gasteiger partial charge in [0.15, 0.2) is 0 Å². The van der Waals surface area contributed by atoms with Crippen LogP contribution in [0.25, 0.3) is 0 Å². The van der Waals surface area contributed by atoms with Crippen LogP contribution in [0.5, 0.6) is 0 Å². The van der Waals surface area contributed by atoms with Gasteiger partial charge in [0, 0.05) is 10.6 Å². The van der Waals surface area contributed by atoms with E-state index >= 15 is 0 Å². The Kier molecular flexibility index (Phi) is 4.14. The predicted molar refractivity (Wildman–Crippen MR) is 88.8 cm³/mol. The highest BCUT2D eigenvalue weighted by Crippen LogP contribution is 2.32. The molecule has 2 aromatic heterocycles. The van der Waals surface area contributed by atoms with Crippen molar-refractivity contribution in [3.63, 3.8) is 0 Å². The molecule has 0 radical (unpaired) electrons. The van der Waals surface area contributed by atoms with E-state index in [1.165, 1.54) is 10.4 Å². The molecule has 2 aromatic rings. The first kappa shape index (κ1) is 14.1. The fourth-order valence-electron chi connectivity index (χ4n) is 2.11. The van der Waals surface area contributed by atoms with Crippen LogP contribution in [0.4, 0.5) is 5.69 Å². The number of carbonyl (C=O) groups is 1. The maximum Gasteiger partial charge on any atom is 0.265 e. The van der Waals surface area contributed by atoms with Crippen LogP contribution in [0.15, 0.2) is 22.8 Å². The number of nitrogens with zero attached hydrogens (tertiary/aromatic N) is 1. The number of fused-ring (bicyclic) bond motifs is 1. The first-order chi connectivity index (χ1) is 9.63. The average molecular weight is 369 g/mol. The van der Waals surface area contributed by atoms with Crippen molar-refractivity contribution in [2.75, 3.05) is 11.1 Å². The summed E-state index contributed by atoms with van der Waals surface area (Å²) in [5, 5.41) is 2.94. The molecule has 0 saturated carbocycles. The number of anilines is 1.